The fourth-order valence-corrected chi connectivity index (χ4v) is 1.97. The van der Waals surface area contributed by atoms with Crippen molar-refractivity contribution < 1.29 is 0 Å². The predicted octanol–water partition coefficient (Wildman–Crippen LogP) is 2.54. The van der Waals surface area contributed by atoms with E-state index in [0.717, 1.165) is 35.4 Å². The molecular formula is C11H18BrN3. The van der Waals surface area contributed by atoms with E-state index in [2.05, 4.69) is 39.7 Å². The van der Waals surface area contributed by atoms with Gasteiger partial charge in [-0.3, -0.25) is 0 Å². The molecule has 15 heavy (non-hydrogen) atoms. The molecule has 0 spiro atoms. The molecule has 84 valence electrons. The van der Waals surface area contributed by atoms with Gasteiger partial charge in [0, 0.05) is 35.9 Å². The molecule has 0 aliphatic rings. The molecular weight excluding hydrogens is 254 g/mol. The number of hydrogen-bond acceptors (Lipinski definition) is 3. The maximum Gasteiger partial charge on any atom is 0.133 e. The van der Waals surface area contributed by atoms with Crippen LogP contribution in [0.2, 0.25) is 0 Å². The third-order valence-corrected chi connectivity index (χ3v) is 2.74. The molecule has 0 aliphatic heterocycles. The second-order valence-electron chi connectivity index (χ2n) is 3.42. The Labute approximate surface area is 99.8 Å². The topological polar surface area (TPSA) is 42.2 Å². The van der Waals surface area contributed by atoms with Crippen molar-refractivity contribution in [2.24, 2.45) is 5.73 Å². The van der Waals surface area contributed by atoms with Crippen molar-refractivity contribution in [1.82, 2.24) is 4.98 Å². The van der Waals surface area contributed by atoms with Gasteiger partial charge in [0.1, 0.15) is 5.82 Å². The smallest absolute Gasteiger partial charge is 0.133 e. The van der Waals surface area contributed by atoms with Crippen LogP contribution in [0.5, 0.6) is 0 Å². The lowest BCUT2D eigenvalue weighted by atomic mass is 10.2. The highest BCUT2D eigenvalue weighted by molar-refractivity contribution is 9.10. The minimum absolute atomic E-state index is 0.530. The minimum Gasteiger partial charge on any atom is -0.357 e. The highest BCUT2D eigenvalue weighted by atomic mass is 79.9. The van der Waals surface area contributed by atoms with E-state index < -0.39 is 0 Å². The van der Waals surface area contributed by atoms with Gasteiger partial charge in [-0.2, -0.15) is 0 Å². The molecule has 4 heteroatoms. The van der Waals surface area contributed by atoms with Gasteiger partial charge in [0.2, 0.25) is 0 Å². The summed E-state index contributed by atoms with van der Waals surface area (Å²) in [6, 6.07) is 2.04. The van der Waals surface area contributed by atoms with E-state index in [0.29, 0.717) is 6.54 Å². The van der Waals surface area contributed by atoms with E-state index in [4.69, 9.17) is 5.73 Å². The van der Waals surface area contributed by atoms with Crippen molar-refractivity contribution in [1.29, 1.82) is 0 Å². The number of halogens is 1. The lowest BCUT2D eigenvalue weighted by molar-refractivity contribution is 0.770. The molecule has 0 fully saturated rings. The minimum atomic E-state index is 0.530. The maximum absolute atomic E-state index is 5.72. The van der Waals surface area contributed by atoms with Crippen LogP contribution in [-0.2, 0) is 6.54 Å². The molecule has 1 rings (SSSR count). The van der Waals surface area contributed by atoms with Crippen LogP contribution in [0.1, 0.15) is 25.8 Å². The molecule has 3 nitrogen and oxygen atoms in total. The number of rotatable bonds is 5. The summed E-state index contributed by atoms with van der Waals surface area (Å²) in [5.41, 5.74) is 6.82. The highest BCUT2D eigenvalue weighted by Crippen LogP contribution is 2.21. The number of aromatic nitrogens is 1. The summed E-state index contributed by atoms with van der Waals surface area (Å²) in [6.07, 6.45) is 2.95. The Kier molecular flexibility index (Phi) is 5.05. The molecule has 0 atom stereocenters. The van der Waals surface area contributed by atoms with Gasteiger partial charge in [-0.1, -0.05) is 6.92 Å². The lowest BCUT2D eigenvalue weighted by Gasteiger charge is -2.23. The summed E-state index contributed by atoms with van der Waals surface area (Å²) in [7, 11) is 0. The first-order valence-electron chi connectivity index (χ1n) is 5.32. The van der Waals surface area contributed by atoms with E-state index >= 15 is 0 Å². The van der Waals surface area contributed by atoms with Crippen molar-refractivity contribution in [3.05, 3.63) is 22.3 Å². The molecule has 0 unspecified atom stereocenters. The zero-order valence-electron chi connectivity index (χ0n) is 9.33. The molecule has 0 aliphatic carbocycles. The van der Waals surface area contributed by atoms with Crippen LogP contribution in [0.4, 0.5) is 5.82 Å². The van der Waals surface area contributed by atoms with Gasteiger partial charge >= 0.3 is 0 Å². The Bertz CT molecular complexity index is 315. The number of anilines is 1. The van der Waals surface area contributed by atoms with E-state index in [9.17, 15) is 0 Å². The third-order valence-electron chi connectivity index (χ3n) is 2.30. The van der Waals surface area contributed by atoms with Gasteiger partial charge in [-0.15, -0.1) is 0 Å². The van der Waals surface area contributed by atoms with Crippen molar-refractivity contribution in [3.63, 3.8) is 0 Å². The Hall–Kier alpha value is -0.610. The average Bonchev–Trinajstić information content (AvgIpc) is 2.26. The number of nitrogens with two attached hydrogens (primary N) is 1. The highest BCUT2D eigenvalue weighted by Gasteiger charge is 2.09. The van der Waals surface area contributed by atoms with Crippen molar-refractivity contribution in [2.75, 3.05) is 18.0 Å². The summed E-state index contributed by atoms with van der Waals surface area (Å²) in [4.78, 5) is 6.70. The van der Waals surface area contributed by atoms with Gasteiger partial charge in [0.15, 0.2) is 0 Å². The van der Waals surface area contributed by atoms with Crippen LogP contribution < -0.4 is 10.6 Å². The summed E-state index contributed by atoms with van der Waals surface area (Å²) in [5.74, 6) is 1.02. The number of hydrogen-bond donors (Lipinski definition) is 1. The first-order valence-corrected chi connectivity index (χ1v) is 6.11. The van der Waals surface area contributed by atoms with E-state index in [1.807, 2.05) is 12.3 Å². The standard InChI is InChI=1S/C11H18BrN3/c1-3-5-15(4-2)11-9(7-13)6-10(12)8-14-11/h6,8H,3-5,7,13H2,1-2H3. The lowest BCUT2D eigenvalue weighted by Crippen LogP contribution is -2.26. The Morgan fingerprint density at radius 1 is 1.47 bits per heavy atom. The normalized spacial score (nSPS) is 10.4. The number of nitrogens with zero attached hydrogens (tertiary/aromatic N) is 2. The molecule has 0 aromatic carbocycles. The summed E-state index contributed by atoms with van der Waals surface area (Å²) in [5, 5.41) is 0. The monoisotopic (exact) mass is 271 g/mol. The number of pyridine rings is 1. The largest absolute Gasteiger partial charge is 0.357 e. The van der Waals surface area contributed by atoms with Gasteiger partial charge in [0.25, 0.3) is 0 Å². The summed E-state index contributed by atoms with van der Waals surface area (Å²) >= 11 is 3.41. The summed E-state index contributed by atoms with van der Waals surface area (Å²) in [6.45, 7) is 6.83. The molecule has 0 saturated carbocycles. The SMILES string of the molecule is CCCN(CC)c1ncc(Br)cc1CN. The van der Waals surface area contributed by atoms with Crippen molar-refractivity contribution in [3.8, 4) is 0 Å². The molecule has 0 bridgehead atoms. The molecule has 0 amide bonds. The van der Waals surface area contributed by atoms with Crippen LogP contribution in [0.15, 0.2) is 16.7 Å². The molecule has 1 aromatic heterocycles. The van der Waals surface area contributed by atoms with Gasteiger partial charge < -0.3 is 10.6 Å². The van der Waals surface area contributed by atoms with Gasteiger partial charge in [-0.05, 0) is 35.3 Å². The van der Waals surface area contributed by atoms with Gasteiger partial charge in [-0.25, -0.2) is 4.98 Å². The van der Waals surface area contributed by atoms with E-state index in [-0.39, 0.29) is 0 Å². The maximum atomic E-state index is 5.72. The third kappa shape index (κ3) is 3.18. The molecule has 2 N–H and O–H groups in total. The van der Waals surface area contributed by atoms with Crippen LogP contribution >= 0.6 is 15.9 Å². The van der Waals surface area contributed by atoms with Crippen molar-refractivity contribution >= 4 is 21.7 Å². The van der Waals surface area contributed by atoms with E-state index in [1.165, 1.54) is 0 Å². The predicted molar refractivity (Wildman–Crippen MR) is 68.0 cm³/mol. The molecule has 1 heterocycles. The molecule has 0 saturated heterocycles. The Balaban J connectivity index is 2.99. The van der Waals surface area contributed by atoms with Crippen LogP contribution in [0.3, 0.4) is 0 Å². The quantitative estimate of drug-likeness (QED) is 0.895. The Morgan fingerprint density at radius 3 is 2.73 bits per heavy atom. The van der Waals surface area contributed by atoms with E-state index in [1.54, 1.807) is 0 Å². The van der Waals surface area contributed by atoms with Crippen LogP contribution in [-0.4, -0.2) is 18.1 Å². The summed E-state index contributed by atoms with van der Waals surface area (Å²) < 4.78 is 0.985. The Morgan fingerprint density at radius 2 is 2.20 bits per heavy atom. The second-order valence-corrected chi connectivity index (χ2v) is 4.34. The zero-order valence-corrected chi connectivity index (χ0v) is 10.9. The molecule has 1 aromatic rings. The first-order chi connectivity index (χ1) is 7.22. The fourth-order valence-electron chi connectivity index (χ4n) is 1.59. The van der Waals surface area contributed by atoms with Crippen molar-refractivity contribution in [2.45, 2.75) is 26.8 Å². The van der Waals surface area contributed by atoms with Crippen LogP contribution in [0.25, 0.3) is 0 Å². The van der Waals surface area contributed by atoms with Gasteiger partial charge in [0.05, 0.1) is 0 Å². The average molecular weight is 272 g/mol. The van der Waals surface area contributed by atoms with Crippen LogP contribution in [0, 0.1) is 0 Å². The molecule has 0 radical (unpaired) electrons. The second kappa shape index (κ2) is 6.08. The first kappa shape index (κ1) is 12.5. The zero-order chi connectivity index (χ0) is 11.3. The fraction of sp³-hybridized carbons (Fsp3) is 0.545.